The molecule has 9 heteroatoms. The minimum atomic E-state index is -0.826. The quantitative estimate of drug-likeness (QED) is 0.609. The molecule has 3 fully saturated rings. The molecule has 0 aromatic carbocycles. The van der Waals surface area contributed by atoms with Crippen molar-refractivity contribution >= 4 is 22.8 Å². The van der Waals surface area contributed by atoms with E-state index in [4.69, 9.17) is 0 Å². The van der Waals surface area contributed by atoms with Crippen LogP contribution in [0.5, 0.6) is 0 Å². The van der Waals surface area contributed by atoms with Gasteiger partial charge < -0.3 is 20.0 Å². The van der Waals surface area contributed by atoms with Gasteiger partial charge in [-0.15, -0.1) is 0 Å². The molecule has 0 radical (unpaired) electrons. The number of aromatic nitrogens is 4. The number of rotatable bonds is 4. The van der Waals surface area contributed by atoms with Crippen LogP contribution in [0.3, 0.4) is 0 Å². The van der Waals surface area contributed by atoms with Crippen molar-refractivity contribution in [3.05, 3.63) is 40.8 Å². The number of halogens is 1. The molecule has 0 unspecified atom stereocenters. The molecular formula is C21H22FN5O3. The smallest absolute Gasteiger partial charge is 0.308 e. The Balaban J connectivity index is 1.56. The molecule has 3 saturated carbocycles. The van der Waals surface area contributed by atoms with Gasteiger partial charge in [-0.3, -0.25) is 9.59 Å². The van der Waals surface area contributed by atoms with E-state index < -0.39 is 17.7 Å². The first-order chi connectivity index (χ1) is 14.4. The van der Waals surface area contributed by atoms with Crippen molar-refractivity contribution in [3.63, 3.8) is 0 Å². The largest absolute Gasteiger partial charge is 0.481 e. The van der Waals surface area contributed by atoms with E-state index in [-0.39, 0.29) is 29.3 Å². The molecule has 3 aliphatic rings. The Hall–Kier alpha value is -3.23. The first kappa shape index (κ1) is 18.8. The number of hydrogen-bond acceptors (Lipinski definition) is 5. The number of pyridine rings is 1. The van der Waals surface area contributed by atoms with Crippen LogP contribution in [-0.2, 0) is 11.8 Å². The second-order valence-corrected chi connectivity index (χ2v) is 8.35. The van der Waals surface area contributed by atoms with E-state index in [0.29, 0.717) is 22.3 Å². The summed E-state index contributed by atoms with van der Waals surface area (Å²) in [7, 11) is 1.62. The van der Waals surface area contributed by atoms with Gasteiger partial charge in [0.1, 0.15) is 11.5 Å². The van der Waals surface area contributed by atoms with Crippen LogP contribution in [0.15, 0.2) is 29.5 Å². The molecule has 3 heterocycles. The molecule has 2 bridgehead atoms. The highest BCUT2D eigenvalue weighted by atomic mass is 19.1. The molecule has 2 atom stereocenters. The fourth-order valence-electron chi connectivity index (χ4n) is 5.19. The van der Waals surface area contributed by atoms with Crippen LogP contribution in [0.1, 0.15) is 25.7 Å². The van der Waals surface area contributed by atoms with Crippen LogP contribution in [0.2, 0.25) is 0 Å². The third kappa shape index (κ3) is 2.96. The van der Waals surface area contributed by atoms with E-state index in [1.54, 1.807) is 19.4 Å². The number of carboxylic acids is 1. The maximum absolute atomic E-state index is 13.7. The molecule has 0 spiro atoms. The van der Waals surface area contributed by atoms with Gasteiger partial charge in [-0.05, 0) is 43.6 Å². The zero-order valence-corrected chi connectivity index (χ0v) is 16.4. The van der Waals surface area contributed by atoms with Gasteiger partial charge in [0.25, 0.3) is 5.56 Å². The topological polar surface area (TPSA) is 113 Å². The van der Waals surface area contributed by atoms with Crippen molar-refractivity contribution in [2.24, 2.45) is 24.8 Å². The Bertz CT molecular complexity index is 1200. The van der Waals surface area contributed by atoms with Crippen LogP contribution in [0.25, 0.3) is 22.3 Å². The summed E-state index contributed by atoms with van der Waals surface area (Å²) in [4.78, 5) is 36.3. The zero-order chi connectivity index (χ0) is 21.0. The Labute approximate surface area is 171 Å². The number of fused-ring (bicyclic) bond motifs is 4. The summed E-state index contributed by atoms with van der Waals surface area (Å²) in [5.74, 6) is -1.36. The van der Waals surface area contributed by atoms with Gasteiger partial charge in [-0.1, -0.05) is 0 Å². The van der Waals surface area contributed by atoms with Crippen LogP contribution in [-0.4, -0.2) is 36.6 Å². The number of nitrogens with zero attached hydrogens (tertiary/aromatic N) is 3. The van der Waals surface area contributed by atoms with Crippen molar-refractivity contribution in [1.82, 2.24) is 19.5 Å². The average Bonchev–Trinajstić information content (AvgIpc) is 3.14. The summed E-state index contributed by atoms with van der Waals surface area (Å²) in [5.41, 5.74) is 1.29. The highest BCUT2D eigenvalue weighted by molar-refractivity contribution is 5.92. The second-order valence-electron chi connectivity index (χ2n) is 8.35. The molecule has 6 rings (SSSR count). The Morgan fingerprint density at radius 2 is 2.03 bits per heavy atom. The molecular weight excluding hydrogens is 389 g/mol. The van der Waals surface area contributed by atoms with Gasteiger partial charge in [0.05, 0.1) is 17.8 Å². The number of carboxylic acid groups (broad SMARTS) is 1. The molecule has 3 aromatic heterocycles. The molecule has 3 aliphatic carbocycles. The lowest BCUT2D eigenvalue weighted by Crippen LogP contribution is -2.52. The molecule has 3 aromatic rings. The normalized spacial score (nSPS) is 25.5. The predicted molar refractivity (Wildman–Crippen MR) is 109 cm³/mol. The predicted octanol–water partition coefficient (Wildman–Crippen LogP) is 2.76. The fraction of sp³-hybridized carbons (Fsp3) is 0.429. The van der Waals surface area contributed by atoms with Crippen LogP contribution < -0.4 is 10.9 Å². The molecule has 30 heavy (non-hydrogen) atoms. The summed E-state index contributed by atoms with van der Waals surface area (Å²) < 4.78 is 15.1. The summed E-state index contributed by atoms with van der Waals surface area (Å²) >= 11 is 0. The van der Waals surface area contributed by atoms with E-state index in [1.807, 2.05) is 0 Å². The summed E-state index contributed by atoms with van der Waals surface area (Å²) in [6.45, 7) is 0. The van der Waals surface area contributed by atoms with E-state index >= 15 is 0 Å². The Morgan fingerprint density at radius 3 is 2.77 bits per heavy atom. The number of anilines is 1. The van der Waals surface area contributed by atoms with Gasteiger partial charge in [0, 0.05) is 36.4 Å². The van der Waals surface area contributed by atoms with Crippen molar-refractivity contribution in [3.8, 4) is 11.3 Å². The van der Waals surface area contributed by atoms with Crippen molar-refractivity contribution < 1.29 is 14.3 Å². The first-order valence-electron chi connectivity index (χ1n) is 10.1. The number of hydrogen-bond donors (Lipinski definition) is 3. The fourth-order valence-corrected chi connectivity index (χ4v) is 5.19. The number of H-pyrrole nitrogens is 1. The standard InChI is InChI=1S/C21H22FN5O3/c1-27-9-15(14-8-24-18-13(14)6-12(22)7-23-18)25-19(20(27)28)26-17-11-4-2-10(3-5-11)16(17)21(29)30/h6-11,16-17H,2-5H2,1H3,(H,23,24)(H,25,26)(H,29,30)/t10?,11?,16-,17-/m0/s1. The van der Waals surface area contributed by atoms with Crippen LogP contribution in [0, 0.1) is 23.6 Å². The van der Waals surface area contributed by atoms with Crippen LogP contribution in [0.4, 0.5) is 10.2 Å². The van der Waals surface area contributed by atoms with E-state index in [1.165, 1.54) is 10.6 Å². The number of aliphatic carboxylic acids is 1. The molecule has 0 amide bonds. The lowest BCUT2D eigenvalue weighted by molar-refractivity contribution is -0.148. The van der Waals surface area contributed by atoms with Gasteiger partial charge in [0.15, 0.2) is 5.82 Å². The van der Waals surface area contributed by atoms with Gasteiger partial charge in [-0.25, -0.2) is 14.4 Å². The zero-order valence-electron chi connectivity index (χ0n) is 16.4. The molecule has 3 N–H and O–H groups in total. The summed E-state index contributed by atoms with van der Waals surface area (Å²) in [5, 5.41) is 13.5. The van der Waals surface area contributed by atoms with Crippen molar-refractivity contribution in [2.45, 2.75) is 31.7 Å². The SMILES string of the molecule is Cn1cc(-c2c[nH]c3ncc(F)cc23)nc(N[C@H]2C3CCC(CC3)[C@@H]2C(=O)O)c1=O. The molecule has 0 aliphatic heterocycles. The number of nitrogens with one attached hydrogen (secondary N) is 2. The molecule has 8 nitrogen and oxygen atoms in total. The van der Waals surface area contributed by atoms with Crippen molar-refractivity contribution in [2.75, 3.05) is 5.32 Å². The molecule has 156 valence electrons. The van der Waals surface area contributed by atoms with Gasteiger partial charge >= 0.3 is 5.97 Å². The number of carbonyl (C=O) groups is 1. The summed E-state index contributed by atoms with van der Waals surface area (Å²) in [6, 6.07) is 1.04. The van der Waals surface area contributed by atoms with E-state index in [9.17, 15) is 19.1 Å². The Morgan fingerprint density at radius 1 is 1.30 bits per heavy atom. The Kier molecular flexibility index (Phi) is 4.34. The highest BCUT2D eigenvalue weighted by Gasteiger charge is 2.47. The maximum atomic E-state index is 13.7. The lowest BCUT2D eigenvalue weighted by atomic mass is 9.61. The van der Waals surface area contributed by atoms with E-state index in [0.717, 1.165) is 31.9 Å². The third-order valence-corrected chi connectivity index (χ3v) is 6.65. The second kappa shape index (κ2) is 6.93. The summed E-state index contributed by atoms with van der Waals surface area (Å²) in [6.07, 6.45) is 8.14. The third-order valence-electron chi connectivity index (χ3n) is 6.65. The monoisotopic (exact) mass is 411 g/mol. The maximum Gasteiger partial charge on any atom is 0.308 e. The molecule has 0 saturated heterocycles. The first-order valence-corrected chi connectivity index (χ1v) is 10.1. The number of aromatic amines is 1. The van der Waals surface area contributed by atoms with Gasteiger partial charge in [0.2, 0.25) is 0 Å². The number of aryl methyl sites for hydroxylation is 1. The lowest BCUT2D eigenvalue weighted by Gasteiger charge is -2.47. The van der Waals surface area contributed by atoms with E-state index in [2.05, 4.69) is 20.3 Å². The van der Waals surface area contributed by atoms with Gasteiger partial charge in [-0.2, -0.15) is 0 Å². The highest BCUT2D eigenvalue weighted by Crippen LogP contribution is 2.46. The van der Waals surface area contributed by atoms with Crippen LogP contribution >= 0.6 is 0 Å². The van der Waals surface area contributed by atoms with Crippen molar-refractivity contribution in [1.29, 1.82) is 0 Å². The minimum Gasteiger partial charge on any atom is -0.481 e. The average molecular weight is 411 g/mol. The minimum absolute atomic E-state index is 0.123.